The van der Waals surface area contributed by atoms with Gasteiger partial charge in [-0.25, -0.2) is 0 Å². The van der Waals surface area contributed by atoms with E-state index in [9.17, 15) is 0 Å². The highest BCUT2D eigenvalue weighted by Crippen LogP contribution is 2.17. The summed E-state index contributed by atoms with van der Waals surface area (Å²) in [6, 6.07) is 6.15. The van der Waals surface area contributed by atoms with Gasteiger partial charge in [0.2, 0.25) is 0 Å². The van der Waals surface area contributed by atoms with Gasteiger partial charge >= 0.3 is 0 Å². The fourth-order valence-electron chi connectivity index (χ4n) is 2.80. The van der Waals surface area contributed by atoms with Crippen molar-refractivity contribution in [3.63, 3.8) is 0 Å². The van der Waals surface area contributed by atoms with Gasteiger partial charge in [0, 0.05) is 31.7 Å². The summed E-state index contributed by atoms with van der Waals surface area (Å²) >= 11 is 0. The Kier molecular flexibility index (Phi) is 5.76. The third-order valence-electron chi connectivity index (χ3n) is 4.00. The SMILES string of the molecule is CCNC(=NCCc1noc(-c2ccccn2)n1)NC1CCCC1. The first-order chi connectivity index (χ1) is 11.8. The molecule has 0 unspecified atom stereocenters. The fraction of sp³-hybridized carbons (Fsp3) is 0.529. The minimum Gasteiger partial charge on any atom is -0.357 e. The van der Waals surface area contributed by atoms with Crippen molar-refractivity contribution in [1.29, 1.82) is 0 Å². The van der Waals surface area contributed by atoms with Gasteiger partial charge < -0.3 is 15.2 Å². The molecule has 1 saturated carbocycles. The van der Waals surface area contributed by atoms with E-state index in [1.807, 2.05) is 18.2 Å². The molecule has 0 radical (unpaired) electrons. The topological polar surface area (TPSA) is 88.2 Å². The smallest absolute Gasteiger partial charge is 0.276 e. The van der Waals surface area contributed by atoms with Crippen molar-refractivity contribution in [2.24, 2.45) is 4.99 Å². The van der Waals surface area contributed by atoms with Crippen molar-refractivity contribution in [3.05, 3.63) is 30.2 Å². The summed E-state index contributed by atoms with van der Waals surface area (Å²) in [4.78, 5) is 13.2. The summed E-state index contributed by atoms with van der Waals surface area (Å²) in [5.74, 6) is 1.97. The average molecular weight is 328 g/mol. The van der Waals surface area contributed by atoms with Gasteiger partial charge in [0.15, 0.2) is 11.8 Å². The molecule has 1 aliphatic rings. The lowest BCUT2D eigenvalue weighted by Crippen LogP contribution is -2.42. The first-order valence-corrected chi connectivity index (χ1v) is 8.64. The monoisotopic (exact) mass is 328 g/mol. The molecule has 128 valence electrons. The van der Waals surface area contributed by atoms with Crippen LogP contribution in [0.1, 0.15) is 38.4 Å². The molecule has 0 amide bonds. The van der Waals surface area contributed by atoms with Crippen LogP contribution in [0.25, 0.3) is 11.6 Å². The van der Waals surface area contributed by atoms with Gasteiger partial charge in [0.1, 0.15) is 5.69 Å². The van der Waals surface area contributed by atoms with Crippen molar-refractivity contribution < 1.29 is 4.52 Å². The predicted molar refractivity (Wildman–Crippen MR) is 92.6 cm³/mol. The Hall–Kier alpha value is -2.44. The van der Waals surface area contributed by atoms with E-state index in [-0.39, 0.29) is 0 Å². The Balaban J connectivity index is 1.54. The number of hydrogen-bond donors (Lipinski definition) is 2. The maximum absolute atomic E-state index is 5.26. The standard InChI is InChI=1S/C17H24N6O/c1-2-18-17(21-13-7-3-4-8-13)20-12-10-15-22-16(24-23-15)14-9-5-6-11-19-14/h5-6,9,11,13H,2-4,7-8,10,12H2,1H3,(H2,18,20,21). The molecule has 0 atom stereocenters. The third-order valence-corrected chi connectivity index (χ3v) is 4.00. The molecule has 2 heterocycles. The summed E-state index contributed by atoms with van der Waals surface area (Å²) in [6.07, 6.45) is 7.40. The van der Waals surface area contributed by atoms with Crippen LogP contribution in [0.4, 0.5) is 0 Å². The number of pyridine rings is 1. The van der Waals surface area contributed by atoms with Gasteiger partial charge in [-0.2, -0.15) is 4.98 Å². The molecule has 2 aromatic rings. The lowest BCUT2D eigenvalue weighted by atomic mass is 10.2. The quantitative estimate of drug-likeness (QED) is 0.624. The van der Waals surface area contributed by atoms with Crippen molar-refractivity contribution in [1.82, 2.24) is 25.8 Å². The van der Waals surface area contributed by atoms with Crippen LogP contribution in [0.3, 0.4) is 0 Å². The third kappa shape index (κ3) is 4.53. The second-order valence-electron chi connectivity index (χ2n) is 5.87. The lowest BCUT2D eigenvalue weighted by Gasteiger charge is -2.16. The number of hydrogen-bond acceptors (Lipinski definition) is 5. The van der Waals surface area contributed by atoms with E-state index < -0.39 is 0 Å². The zero-order valence-electron chi connectivity index (χ0n) is 14.0. The van der Waals surface area contributed by atoms with Gasteiger partial charge in [0.25, 0.3) is 5.89 Å². The van der Waals surface area contributed by atoms with Crippen LogP contribution in [0.15, 0.2) is 33.9 Å². The molecule has 1 aliphatic carbocycles. The molecule has 0 spiro atoms. The number of rotatable bonds is 6. The Labute approximate surface area is 142 Å². The molecule has 24 heavy (non-hydrogen) atoms. The van der Waals surface area contributed by atoms with E-state index >= 15 is 0 Å². The molecule has 3 rings (SSSR count). The molecule has 7 nitrogen and oxygen atoms in total. The molecular formula is C17H24N6O. The van der Waals surface area contributed by atoms with Crippen LogP contribution >= 0.6 is 0 Å². The van der Waals surface area contributed by atoms with Crippen molar-refractivity contribution in [2.75, 3.05) is 13.1 Å². The second-order valence-corrected chi connectivity index (χ2v) is 5.87. The number of aliphatic imine (C=N–C) groups is 1. The molecule has 0 aliphatic heterocycles. The highest BCUT2D eigenvalue weighted by atomic mass is 16.5. The molecule has 7 heteroatoms. The summed E-state index contributed by atoms with van der Waals surface area (Å²) in [5, 5.41) is 10.8. The number of aromatic nitrogens is 3. The van der Waals surface area contributed by atoms with Gasteiger partial charge in [-0.15, -0.1) is 0 Å². The Morgan fingerprint density at radius 3 is 2.96 bits per heavy atom. The van der Waals surface area contributed by atoms with Crippen molar-refractivity contribution in [3.8, 4) is 11.6 Å². The Morgan fingerprint density at radius 1 is 1.33 bits per heavy atom. The van der Waals surface area contributed by atoms with Crippen LogP contribution in [0, 0.1) is 0 Å². The highest BCUT2D eigenvalue weighted by molar-refractivity contribution is 5.80. The Bertz CT molecular complexity index is 648. The minimum atomic E-state index is 0.450. The van der Waals surface area contributed by atoms with Gasteiger partial charge in [-0.3, -0.25) is 9.98 Å². The summed E-state index contributed by atoms with van der Waals surface area (Å²) in [6.45, 7) is 3.54. The maximum Gasteiger partial charge on any atom is 0.276 e. The van der Waals surface area contributed by atoms with E-state index in [4.69, 9.17) is 4.52 Å². The van der Waals surface area contributed by atoms with Gasteiger partial charge in [-0.1, -0.05) is 24.1 Å². The number of guanidine groups is 1. The zero-order chi connectivity index (χ0) is 16.6. The first kappa shape index (κ1) is 16.4. The first-order valence-electron chi connectivity index (χ1n) is 8.64. The number of nitrogens with zero attached hydrogens (tertiary/aromatic N) is 4. The highest BCUT2D eigenvalue weighted by Gasteiger charge is 2.16. The van der Waals surface area contributed by atoms with E-state index in [2.05, 4.69) is 37.7 Å². The molecule has 1 fully saturated rings. The summed E-state index contributed by atoms with van der Waals surface area (Å²) < 4.78 is 5.26. The van der Waals surface area contributed by atoms with Crippen LogP contribution in [-0.4, -0.2) is 40.2 Å². The van der Waals surface area contributed by atoms with Crippen LogP contribution < -0.4 is 10.6 Å². The largest absolute Gasteiger partial charge is 0.357 e. The molecule has 2 N–H and O–H groups in total. The second kappa shape index (κ2) is 8.42. The predicted octanol–water partition coefficient (Wildman–Crippen LogP) is 2.17. The van der Waals surface area contributed by atoms with E-state index in [1.165, 1.54) is 25.7 Å². The average Bonchev–Trinajstić information content (AvgIpc) is 3.28. The van der Waals surface area contributed by atoms with Crippen LogP contribution in [0.2, 0.25) is 0 Å². The summed E-state index contributed by atoms with van der Waals surface area (Å²) in [5.41, 5.74) is 0.691. The van der Waals surface area contributed by atoms with Gasteiger partial charge in [-0.05, 0) is 31.9 Å². The van der Waals surface area contributed by atoms with E-state index in [0.29, 0.717) is 36.4 Å². The maximum atomic E-state index is 5.26. The molecule has 0 aromatic carbocycles. The zero-order valence-corrected chi connectivity index (χ0v) is 14.0. The van der Waals surface area contributed by atoms with E-state index in [1.54, 1.807) is 6.20 Å². The fourth-order valence-corrected chi connectivity index (χ4v) is 2.80. The molecule has 2 aromatic heterocycles. The van der Waals surface area contributed by atoms with E-state index in [0.717, 1.165) is 12.5 Å². The molecular weight excluding hydrogens is 304 g/mol. The lowest BCUT2D eigenvalue weighted by molar-refractivity contribution is 0.421. The minimum absolute atomic E-state index is 0.450. The Morgan fingerprint density at radius 2 is 2.21 bits per heavy atom. The van der Waals surface area contributed by atoms with Crippen molar-refractivity contribution >= 4 is 5.96 Å². The normalized spacial score (nSPS) is 15.6. The van der Waals surface area contributed by atoms with Crippen LogP contribution in [-0.2, 0) is 6.42 Å². The van der Waals surface area contributed by atoms with Crippen molar-refractivity contribution in [2.45, 2.75) is 45.1 Å². The summed E-state index contributed by atoms with van der Waals surface area (Å²) in [7, 11) is 0. The number of nitrogens with one attached hydrogen (secondary N) is 2. The molecule has 0 bridgehead atoms. The molecule has 0 saturated heterocycles. The van der Waals surface area contributed by atoms with Gasteiger partial charge in [0.05, 0.1) is 0 Å². The van der Waals surface area contributed by atoms with Crippen LogP contribution in [0.5, 0.6) is 0 Å².